The number of benzene rings is 2. The van der Waals surface area contributed by atoms with Gasteiger partial charge in [-0.15, -0.1) is 0 Å². The normalized spacial score (nSPS) is 10.4. The SMILES string of the molecule is O=C(Oc1ccc(N(S)C(=O)NCc2cc(F)cc(F)c2)cc1)c1ccco1. The van der Waals surface area contributed by atoms with E-state index in [-0.39, 0.29) is 23.6 Å². The number of urea groups is 1. The molecule has 3 aromatic rings. The van der Waals surface area contributed by atoms with Gasteiger partial charge in [0.05, 0.1) is 12.0 Å². The second-order valence-corrected chi connectivity index (χ2v) is 6.01. The summed E-state index contributed by atoms with van der Waals surface area (Å²) in [7, 11) is 0. The van der Waals surface area contributed by atoms with Gasteiger partial charge in [-0.3, -0.25) is 0 Å². The second-order valence-electron chi connectivity index (χ2n) is 5.61. The predicted octanol–water partition coefficient (Wildman–Crippen LogP) is 4.34. The number of hydrogen-bond acceptors (Lipinski definition) is 5. The van der Waals surface area contributed by atoms with Crippen molar-refractivity contribution < 1.29 is 27.5 Å². The highest BCUT2D eigenvalue weighted by Crippen LogP contribution is 2.22. The number of thiol groups is 1. The number of rotatable bonds is 5. The zero-order valence-corrected chi connectivity index (χ0v) is 15.2. The third-order valence-corrected chi connectivity index (χ3v) is 3.99. The molecule has 6 nitrogen and oxygen atoms in total. The summed E-state index contributed by atoms with van der Waals surface area (Å²) in [6, 6.07) is 11.4. The number of furan rings is 1. The van der Waals surface area contributed by atoms with E-state index in [0.29, 0.717) is 5.69 Å². The fourth-order valence-electron chi connectivity index (χ4n) is 2.29. The number of carbonyl (C=O) groups excluding carboxylic acids is 2. The molecule has 0 fully saturated rings. The van der Waals surface area contributed by atoms with E-state index in [1.807, 2.05) is 0 Å². The molecule has 0 aliphatic heterocycles. The second kappa shape index (κ2) is 8.57. The molecule has 0 saturated heterocycles. The molecule has 3 rings (SSSR count). The summed E-state index contributed by atoms with van der Waals surface area (Å²) < 4.78 is 37.4. The largest absolute Gasteiger partial charge is 0.457 e. The Labute approximate surface area is 164 Å². The van der Waals surface area contributed by atoms with Crippen molar-refractivity contribution in [3.05, 3.63) is 83.8 Å². The molecular formula is C19H14F2N2O4S. The molecule has 28 heavy (non-hydrogen) atoms. The zero-order chi connectivity index (χ0) is 20.1. The number of nitrogens with one attached hydrogen (secondary N) is 1. The monoisotopic (exact) mass is 404 g/mol. The van der Waals surface area contributed by atoms with Gasteiger partial charge in [0.15, 0.2) is 0 Å². The minimum atomic E-state index is -0.730. The van der Waals surface area contributed by atoms with Gasteiger partial charge in [-0.1, -0.05) is 12.8 Å². The Morgan fingerprint density at radius 3 is 2.36 bits per heavy atom. The molecule has 0 radical (unpaired) electrons. The molecule has 0 aliphatic carbocycles. The molecule has 0 bridgehead atoms. The maximum Gasteiger partial charge on any atom is 0.379 e. The molecular weight excluding hydrogens is 390 g/mol. The molecule has 1 N–H and O–H groups in total. The lowest BCUT2D eigenvalue weighted by atomic mass is 10.2. The van der Waals surface area contributed by atoms with Crippen LogP contribution in [0.15, 0.2) is 65.3 Å². The van der Waals surface area contributed by atoms with Crippen LogP contribution in [-0.2, 0) is 6.54 Å². The number of ether oxygens (including phenoxy) is 1. The van der Waals surface area contributed by atoms with Crippen molar-refractivity contribution >= 4 is 30.5 Å². The minimum absolute atomic E-state index is 0.0630. The average molecular weight is 404 g/mol. The van der Waals surface area contributed by atoms with Gasteiger partial charge >= 0.3 is 12.0 Å². The van der Waals surface area contributed by atoms with Crippen LogP contribution < -0.4 is 14.4 Å². The van der Waals surface area contributed by atoms with E-state index in [2.05, 4.69) is 18.1 Å². The van der Waals surface area contributed by atoms with E-state index in [1.165, 1.54) is 36.6 Å². The Kier molecular flexibility index (Phi) is 5.95. The smallest absolute Gasteiger partial charge is 0.379 e. The lowest BCUT2D eigenvalue weighted by molar-refractivity contribution is 0.0701. The summed E-state index contributed by atoms with van der Waals surface area (Å²) in [5, 5.41) is 2.50. The molecule has 2 amide bonds. The summed E-state index contributed by atoms with van der Waals surface area (Å²) in [6.07, 6.45) is 1.36. The van der Waals surface area contributed by atoms with Crippen molar-refractivity contribution in [3.8, 4) is 5.75 Å². The summed E-state index contributed by atoms with van der Waals surface area (Å²) in [4.78, 5) is 24.0. The zero-order valence-electron chi connectivity index (χ0n) is 14.3. The predicted molar refractivity (Wildman–Crippen MR) is 100 cm³/mol. The van der Waals surface area contributed by atoms with Crippen molar-refractivity contribution in [2.24, 2.45) is 0 Å². The maximum absolute atomic E-state index is 13.2. The Morgan fingerprint density at radius 1 is 1.07 bits per heavy atom. The van der Waals surface area contributed by atoms with Crippen LogP contribution in [0, 0.1) is 11.6 Å². The average Bonchev–Trinajstić information content (AvgIpc) is 3.20. The van der Waals surface area contributed by atoms with Crippen molar-refractivity contribution in [1.29, 1.82) is 0 Å². The number of halogens is 2. The Hall–Kier alpha value is -3.33. The number of esters is 1. The number of carbonyl (C=O) groups is 2. The van der Waals surface area contributed by atoms with E-state index in [9.17, 15) is 18.4 Å². The highest BCUT2D eigenvalue weighted by Gasteiger charge is 2.14. The third kappa shape index (κ3) is 4.89. The Morgan fingerprint density at radius 2 is 1.75 bits per heavy atom. The summed E-state index contributed by atoms with van der Waals surface area (Å²) in [5.41, 5.74) is 0.664. The molecule has 0 unspecified atom stereocenters. The topological polar surface area (TPSA) is 71.8 Å². The first-order valence-electron chi connectivity index (χ1n) is 8.00. The van der Waals surface area contributed by atoms with Gasteiger partial charge < -0.3 is 14.5 Å². The lowest BCUT2D eigenvalue weighted by Gasteiger charge is -2.17. The highest BCUT2D eigenvalue weighted by molar-refractivity contribution is 7.82. The van der Waals surface area contributed by atoms with Crippen LogP contribution in [0.2, 0.25) is 0 Å². The van der Waals surface area contributed by atoms with E-state index < -0.39 is 23.6 Å². The lowest BCUT2D eigenvalue weighted by Crippen LogP contribution is -2.33. The molecule has 0 aliphatic rings. The number of anilines is 1. The van der Waals surface area contributed by atoms with Crippen LogP contribution in [-0.4, -0.2) is 12.0 Å². The molecule has 9 heteroatoms. The molecule has 2 aromatic carbocycles. The van der Waals surface area contributed by atoms with Crippen LogP contribution in [0.5, 0.6) is 5.75 Å². The summed E-state index contributed by atoms with van der Waals surface area (Å²) in [5.74, 6) is -1.80. The number of nitrogens with zero attached hydrogens (tertiary/aromatic N) is 1. The summed E-state index contributed by atoms with van der Waals surface area (Å²) >= 11 is 4.10. The van der Waals surface area contributed by atoms with Crippen LogP contribution in [0.1, 0.15) is 16.1 Å². The molecule has 1 heterocycles. The van der Waals surface area contributed by atoms with E-state index in [4.69, 9.17) is 9.15 Å². The number of hydrogen-bond donors (Lipinski definition) is 2. The molecule has 0 atom stereocenters. The third-order valence-electron chi connectivity index (χ3n) is 3.57. The minimum Gasteiger partial charge on any atom is -0.457 e. The number of amides is 2. The van der Waals surface area contributed by atoms with Crippen molar-refractivity contribution in [1.82, 2.24) is 5.32 Å². The first-order valence-corrected chi connectivity index (χ1v) is 8.40. The van der Waals surface area contributed by atoms with Gasteiger partial charge in [0.1, 0.15) is 17.4 Å². The summed E-state index contributed by atoms with van der Waals surface area (Å²) in [6.45, 7) is -0.0799. The van der Waals surface area contributed by atoms with Gasteiger partial charge in [-0.25, -0.2) is 22.7 Å². The molecule has 0 saturated carbocycles. The first kappa shape index (κ1) is 19.4. The van der Waals surface area contributed by atoms with Crippen LogP contribution in [0.25, 0.3) is 0 Å². The highest BCUT2D eigenvalue weighted by atomic mass is 32.1. The maximum atomic E-state index is 13.2. The van der Waals surface area contributed by atoms with Crippen LogP contribution in [0.4, 0.5) is 19.3 Å². The Bertz CT molecular complexity index is 958. The quantitative estimate of drug-likeness (QED) is 0.377. The van der Waals surface area contributed by atoms with E-state index in [1.54, 1.807) is 6.07 Å². The molecule has 0 spiro atoms. The fraction of sp³-hybridized carbons (Fsp3) is 0.0526. The van der Waals surface area contributed by atoms with Crippen molar-refractivity contribution in [2.45, 2.75) is 6.54 Å². The molecule has 144 valence electrons. The van der Waals surface area contributed by atoms with Crippen molar-refractivity contribution in [2.75, 3.05) is 4.31 Å². The standard InChI is InChI=1S/C19H14F2N2O4S/c20-13-8-12(9-14(21)10-13)11-22-19(25)23(28)15-3-5-16(6-4-15)27-18(24)17-2-1-7-26-17/h1-10,28H,11H2,(H,22,25). The van der Waals surface area contributed by atoms with E-state index >= 15 is 0 Å². The van der Waals surface area contributed by atoms with Crippen LogP contribution in [0.3, 0.4) is 0 Å². The van der Waals surface area contributed by atoms with Gasteiger partial charge in [0, 0.05) is 12.6 Å². The van der Waals surface area contributed by atoms with Gasteiger partial charge in [0.25, 0.3) is 0 Å². The van der Waals surface area contributed by atoms with E-state index in [0.717, 1.165) is 22.5 Å². The van der Waals surface area contributed by atoms with Gasteiger partial charge in [-0.2, -0.15) is 0 Å². The van der Waals surface area contributed by atoms with Crippen molar-refractivity contribution in [3.63, 3.8) is 0 Å². The first-order chi connectivity index (χ1) is 13.4. The molecule has 1 aromatic heterocycles. The fourth-order valence-corrected chi connectivity index (χ4v) is 2.49. The van der Waals surface area contributed by atoms with Crippen LogP contribution >= 0.6 is 12.8 Å². The van der Waals surface area contributed by atoms with Gasteiger partial charge in [-0.05, 0) is 54.1 Å². The Balaban J connectivity index is 1.58. The van der Waals surface area contributed by atoms with Gasteiger partial charge in [0.2, 0.25) is 5.76 Å².